The lowest BCUT2D eigenvalue weighted by molar-refractivity contribution is 0.336. The summed E-state index contributed by atoms with van der Waals surface area (Å²) in [5.41, 5.74) is 4.41. The lowest BCUT2D eigenvalue weighted by Gasteiger charge is -2.23. The van der Waals surface area contributed by atoms with E-state index in [-0.39, 0.29) is 0 Å². The molecule has 1 aliphatic heterocycles. The molecule has 1 saturated carbocycles. The lowest BCUT2D eigenvalue weighted by atomic mass is 9.94. The van der Waals surface area contributed by atoms with Crippen LogP contribution in [0.25, 0.3) is 21.9 Å². The first-order chi connectivity index (χ1) is 14.2. The molecule has 1 N–H and O–H groups in total. The first-order valence-electron chi connectivity index (χ1n) is 11.3. The third kappa shape index (κ3) is 3.50. The van der Waals surface area contributed by atoms with E-state index < -0.39 is 0 Å². The molecule has 5 heteroatoms. The van der Waals surface area contributed by atoms with Gasteiger partial charge in [0.25, 0.3) is 0 Å². The third-order valence-corrected chi connectivity index (χ3v) is 7.03. The largest absolute Gasteiger partial charge is 0.497 e. The molecule has 0 spiro atoms. The molecule has 1 aliphatic carbocycles. The van der Waals surface area contributed by atoms with Crippen molar-refractivity contribution in [3.05, 3.63) is 29.7 Å². The number of ether oxygens (including phenoxy) is 1. The Morgan fingerprint density at radius 1 is 1.10 bits per heavy atom. The number of pyridine rings is 1. The van der Waals surface area contributed by atoms with Gasteiger partial charge >= 0.3 is 0 Å². The Bertz CT molecular complexity index is 1010. The smallest absolute Gasteiger partial charge is 0.121 e. The zero-order valence-corrected chi connectivity index (χ0v) is 17.7. The minimum atomic E-state index is 0.600. The Kier molecular flexibility index (Phi) is 5.17. The maximum Gasteiger partial charge on any atom is 0.121 e. The van der Waals surface area contributed by atoms with Gasteiger partial charge < -0.3 is 14.6 Å². The average Bonchev–Trinajstić information content (AvgIpc) is 3.41. The third-order valence-electron chi connectivity index (χ3n) is 7.03. The van der Waals surface area contributed by atoms with Crippen LogP contribution in [0.2, 0.25) is 0 Å². The number of rotatable bonds is 5. The van der Waals surface area contributed by atoms with Crippen LogP contribution in [0.5, 0.6) is 5.75 Å². The van der Waals surface area contributed by atoms with Crippen molar-refractivity contribution in [3.8, 4) is 5.75 Å². The van der Waals surface area contributed by atoms with Gasteiger partial charge in [-0.3, -0.25) is 4.98 Å². The van der Waals surface area contributed by atoms with Gasteiger partial charge in [-0.15, -0.1) is 0 Å². The fourth-order valence-corrected chi connectivity index (χ4v) is 5.36. The monoisotopic (exact) mass is 392 g/mol. The SMILES string of the molecule is COc1ccc2c(c1)nc(C)c1nc(C3CCCC3)n(CCC3CCNCC3)c12. The van der Waals surface area contributed by atoms with Crippen molar-refractivity contribution >= 4 is 21.9 Å². The molecule has 0 unspecified atom stereocenters. The number of hydrogen-bond acceptors (Lipinski definition) is 4. The number of aryl methyl sites for hydroxylation is 2. The van der Waals surface area contributed by atoms with Crippen LogP contribution in [0.3, 0.4) is 0 Å². The van der Waals surface area contributed by atoms with Gasteiger partial charge in [-0.1, -0.05) is 12.8 Å². The minimum absolute atomic E-state index is 0.600. The van der Waals surface area contributed by atoms with Crippen molar-refractivity contribution in [1.82, 2.24) is 19.9 Å². The number of fused-ring (bicyclic) bond motifs is 3. The van der Waals surface area contributed by atoms with Gasteiger partial charge in [0, 0.05) is 23.9 Å². The molecule has 5 nitrogen and oxygen atoms in total. The van der Waals surface area contributed by atoms with E-state index in [4.69, 9.17) is 14.7 Å². The Balaban J connectivity index is 1.63. The minimum Gasteiger partial charge on any atom is -0.497 e. The molecule has 0 amide bonds. The van der Waals surface area contributed by atoms with E-state index in [0.29, 0.717) is 5.92 Å². The van der Waals surface area contributed by atoms with Gasteiger partial charge in [0.15, 0.2) is 0 Å². The number of nitrogens with zero attached hydrogens (tertiary/aromatic N) is 3. The second-order valence-corrected chi connectivity index (χ2v) is 8.86. The van der Waals surface area contributed by atoms with Crippen LogP contribution in [0, 0.1) is 12.8 Å². The van der Waals surface area contributed by atoms with Crippen LogP contribution in [-0.4, -0.2) is 34.7 Å². The number of aromatic nitrogens is 3. The van der Waals surface area contributed by atoms with Gasteiger partial charge in [0.2, 0.25) is 0 Å². The highest BCUT2D eigenvalue weighted by atomic mass is 16.5. The van der Waals surface area contributed by atoms with Crippen LogP contribution < -0.4 is 10.1 Å². The van der Waals surface area contributed by atoms with E-state index in [1.54, 1.807) is 7.11 Å². The quantitative estimate of drug-likeness (QED) is 0.667. The molecule has 0 bridgehead atoms. The lowest BCUT2D eigenvalue weighted by Crippen LogP contribution is -2.28. The number of piperidine rings is 1. The normalized spacial score (nSPS) is 18.8. The molecule has 2 fully saturated rings. The number of nitrogens with one attached hydrogen (secondary N) is 1. The van der Waals surface area contributed by atoms with Crippen LogP contribution in [-0.2, 0) is 6.54 Å². The fraction of sp³-hybridized carbons (Fsp3) is 0.583. The first kappa shape index (κ1) is 18.9. The number of methoxy groups -OCH3 is 1. The molecule has 0 radical (unpaired) electrons. The fourth-order valence-electron chi connectivity index (χ4n) is 5.36. The van der Waals surface area contributed by atoms with E-state index in [2.05, 4.69) is 35.0 Å². The van der Waals surface area contributed by atoms with E-state index in [0.717, 1.165) is 48.0 Å². The summed E-state index contributed by atoms with van der Waals surface area (Å²) in [4.78, 5) is 10.1. The van der Waals surface area contributed by atoms with Crippen molar-refractivity contribution in [3.63, 3.8) is 0 Å². The summed E-state index contributed by atoms with van der Waals surface area (Å²) in [6, 6.07) is 6.28. The zero-order chi connectivity index (χ0) is 19.8. The number of benzene rings is 1. The summed E-state index contributed by atoms with van der Waals surface area (Å²) >= 11 is 0. The van der Waals surface area contributed by atoms with Gasteiger partial charge in [-0.25, -0.2) is 4.98 Å². The molecular weight excluding hydrogens is 360 g/mol. The van der Waals surface area contributed by atoms with Crippen LogP contribution in [0.1, 0.15) is 62.4 Å². The summed E-state index contributed by atoms with van der Waals surface area (Å²) in [7, 11) is 1.72. The van der Waals surface area contributed by atoms with Crippen LogP contribution in [0.4, 0.5) is 0 Å². The summed E-state index contributed by atoms with van der Waals surface area (Å²) < 4.78 is 8.02. The first-order valence-corrected chi connectivity index (χ1v) is 11.3. The van der Waals surface area contributed by atoms with Crippen molar-refractivity contribution < 1.29 is 4.74 Å². The van der Waals surface area contributed by atoms with Crippen LogP contribution >= 0.6 is 0 Å². The van der Waals surface area contributed by atoms with Crippen molar-refractivity contribution in [1.29, 1.82) is 0 Å². The highest BCUT2D eigenvalue weighted by Crippen LogP contribution is 2.38. The van der Waals surface area contributed by atoms with Crippen molar-refractivity contribution in [2.45, 2.75) is 64.3 Å². The highest BCUT2D eigenvalue weighted by molar-refractivity contribution is 6.04. The standard InChI is InChI=1S/C24H32N4O/c1-16-22-23(20-8-7-19(29-2)15-21(20)26-16)28(14-11-17-9-12-25-13-10-17)24(27-22)18-5-3-4-6-18/h7-8,15,17-18,25H,3-6,9-14H2,1-2H3. The molecule has 1 saturated heterocycles. The Hall–Kier alpha value is -2.14. The van der Waals surface area contributed by atoms with E-state index >= 15 is 0 Å². The molecule has 29 heavy (non-hydrogen) atoms. The molecule has 3 aromatic rings. The predicted molar refractivity (Wildman–Crippen MR) is 118 cm³/mol. The summed E-state index contributed by atoms with van der Waals surface area (Å²) in [6.45, 7) is 5.49. The Morgan fingerprint density at radius 2 is 1.90 bits per heavy atom. The van der Waals surface area contributed by atoms with E-state index in [1.165, 1.54) is 61.7 Å². The summed E-state index contributed by atoms with van der Waals surface area (Å²) in [5.74, 6) is 3.59. The molecular formula is C24H32N4O. The molecule has 154 valence electrons. The molecule has 0 atom stereocenters. The van der Waals surface area contributed by atoms with E-state index in [9.17, 15) is 0 Å². The van der Waals surface area contributed by atoms with E-state index in [1.807, 2.05) is 0 Å². The Morgan fingerprint density at radius 3 is 2.66 bits per heavy atom. The van der Waals surface area contributed by atoms with Gasteiger partial charge in [0.05, 0.1) is 23.8 Å². The molecule has 1 aromatic carbocycles. The number of hydrogen-bond donors (Lipinski definition) is 1. The summed E-state index contributed by atoms with van der Waals surface area (Å²) in [6.07, 6.45) is 9.04. The van der Waals surface area contributed by atoms with Crippen molar-refractivity contribution in [2.75, 3.05) is 20.2 Å². The topological polar surface area (TPSA) is 52.0 Å². The molecule has 2 aromatic heterocycles. The van der Waals surface area contributed by atoms with Crippen molar-refractivity contribution in [2.24, 2.45) is 5.92 Å². The highest BCUT2D eigenvalue weighted by Gasteiger charge is 2.26. The second-order valence-electron chi connectivity index (χ2n) is 8.86. The van der Waals surface area contributed by atoms with Gasteiger partial charge in [-0.05, 0) is 70.2 Å². The predicted octanol–water partition coefficient (Wildman–Crippen LogP) is 4.95. The maximum absolute atomic E-state index is 5.45. The molecule has 2 aliphatic rings. The second kappa shape index (κ2) is 7.94. The van der Waals surface area contributed by atoms with Gasteiger partial charge in [0.1, 0.15) is 17.1 Å². The maximum atomic E-state index is 5.45. The molecule has 5 rings (SSSR count). The number of imidazole rings is 1. The average molecular weight is 393 g/mol. The molecule has 3 heterocycles. The zero-order valence-electron chi connectivity index (χ0n) is 17.7. The van der Waals surface area contributed by atoms with Crippen LogP contribution in [0.15, 0.2) is 18.2 Å². The van der Waals surface area contributed by atoms with Gasteiger partial charge in [-0.2, -0.15) is 0 Å². The Labute approximate surface area is 172 Å². The summed E-state index contributed by atoms with van der Waals surface area (Å²) in [5, 5.41) is 4.70.